The molecule has 2 aromatic carbocycles. The first-order chi connectivity index (χ1) is 18.8. The molecule has 39 heavy (non-hydrogen) atoms. The van der Waals surface area contributed by atoms with Crippen molar-refractivity contribution in [3.8, 4) is 22.8 Å². The molecule has 0 saturated carbocycles. The predicted molar refractivity (Wildman–Crippen MR) is 137 cm³/mol. The van der Waals surface area contributed by atoms with Crippen molar-refractivity contribution in [1.29, 1.82) is 0 Å². The van der Waals surface area contributed by atoms with E-state index >= 15 is 0 Å². The molecule has 7 nitrogen and oxygen atoms in total. The van der Waals surface area contributed by atoms with Gasteiger partial charge in [-0.3, -0.25) is 9.59 Å². The lowest BCUT2D eigenvalue weighted by Gasteiger charge is -2.22. The molecule has 204 valence electrons. The number of pyridine rings is 1. The minimum Gasteiger partial charge on any atom is -0.493 e. The minimum atomic E-state index is -0.963. The quantitative estimate of drug-likeness (QED) is 0.447. The van der Waals surface area contributed by atoms with Gasteiger partial charge in [0, 0.05) is 38.0 Å². The molecule has 0 bridgehead atoms. The third-order valence-corrected chi connectivity index (χ3v) is 7.27. The summed E-state index contributed by atoms with van der Waals surface area (Å²) in [5.41, 5.74) is -0.425. The Bertz CT molecular complexity index is 1380. The summed E-state index contributed by atoms with van der Waals surface area (Å²) in [5.74, 6) is -1.91. The molecule has 0 unspecified atom stereocenters. The van der Waals surface area contributed by atoms with E-state index < -0.39 is 34.6 Å². The van der Waals surface area contributed by atoms with Crippen LogP contribution in [-0.4, -0.2) is 66.5 Å². The minimum absolute atomic E-state index is 0.00903. The van der Waals surface area contributed by atoms with Gasteiger partial charge in [0.1, 0.15) is 28.8 Å². The van der Waals surface area contributed by atoms with Crippen molar-refractivity contribution in [3.63, 3.8) is 0 Å². The Morgan fingerprint density at radius 2 is 1.56 bits per heavy atom. The van der Waals surface area contributed by atoms with Crippen LogP contribution in [0.1, 0.15) is 23.0 Å². The molecule has 3 aromatic rings. The van der Waals surface area contributed by atoms with Gasteiger partial charge in [0.15, 0.2) is 11.5 Å². The topological polar surface area (TPSA) is 72.0 Å². The summed E-state index contributed by atoms with van der Waals surface area (Å²) < 4.78 is 53.8. The fourth-order valence-electron chi connectivity index (χ4n) is 5.37. The molecular formula is C29H28F3N3O4. The number of benzene rings is 2. The molecule has 3 heterocycles. The van der Waals surface area contributed by atoms with Gasteiger partial charge >= 0.3 is 0 Å². The van der Waals surface area contributed by atoms with Crippen LogP contribution in [0.2, 0.25) is 0 Å². The number of carbonyl (C=O) groups is 2. The lowest BCUT2D eigenvalue weighted by molar-refractivity contribution is -0.129. The van der Waals surface area contributed by atoms with Crippen LogP contribution < -0.4 is 9.47 Å². The molecular weight excluding hydrogens is 511 g/mol. The van der Waals surface area contributed by atoms with E-state index in [2.05, 4.69) is 4.98 Å². The highest BCUT2D eigenvalue weighted by Gasteiger charge is 2.43. The molecule has 2 amide bonds. The van der Waals surface area contributed by atoms with E-state index in [1.54, 1.807) is 24.1 Å². The summed E-state index contributed by atoms with van der Waals surface area (Å²) in [7, 11) is 1.55. The van der Waals surface area contributed by atoms with Crippen LogP contribution in [0.15, 0.2) is 48.5 Å². The number of amides is 2. The fourth-order valence-corrected chi connectivity index (χ4v) is 5.37. The smallest absolute Gasteiger partial charge is 0.272 e. The van der Waals surface area contributed by atoms with Crippen LogP contribution in [0.3, 0.4) is 0 Å². The summed E-state index contributed by atoms with van der Waals surface area (Å²) in [6.45, 7) is 4.25. The maximum Gasteiger partial charge on any atom is 0.272 e. The van der Waals surface area contributed by atoms with Crippen LogP contribution in [0.5, 0.6) is 11.5 Å². The van der Waals surface area contributed by atoms with Gasteiger partial charge in [-0.2, -0.15) is 0 Å². The highest BCUT2D eigenvalue weighted by molar-refractivity contribution is 5.93. The highest BCUT2D eigenvalue weighted by Crippen LogP contribution is 2.34. The Labute approximate surface area is 224 Å². The summed E-state index contributed by atoms with van der Waals surface area (Å²) in [4.78, 5) is 33.6. The molecule has 2 aliphatic rings. The normalized spacial score (nSPS) is 18.3. The fraction of sp³-hybridized carbons (Fsp3) is 0.345. The van der Waals surface area contributed by atoms with Crippen molar-refractivity contribution < 1.29 is 32.2 Å². The molecule has 10 heteroatoms. The number of hydrogen-bond acceptors (Lipinski definition) is 5. The summed E-state index contributed by atoms with van der Waals surface area (Å²) >= 11 is 0. The van der Waals surface area contributed by atoms with Gasteiger partial charge < -0.3 is 19.3 Å². The van der Waals surface area contributed by atoms with Gasteiger partial charge in [-0.15, -0.1) is 0 Å². The first kappa shape index (κ1) is 26.5. The lowest BCUT2D eigenvalue weighted by atomic mass is 10.0. The number of likely N-dealkylation sites (tertiary alicyclic amines) is 2. The van der Waals surface area contributed by atoms with Crippen LogP contribution in [0.25, 0.3) is 11.3 Å². The summed E-state index contributed by atoms with van der Waals surface area (Å²) in [6.07, 6.45) is 0.222. The van der Waals surface area contributed by atoms with E-state index in [1.807, 2.05) is 17.9 Å². The number of rotatable bonds is 7. The number of nitrogens with zero attached hydrogens (tertiary/aromatic N) is 3. The molecule has 0 aliphatic carbocycles. The van der Waals surface area contributed by atoms with Crippen molar-refractivity contribution in [3.05, 3.63) is 77.2 Å². The van der Waals surface area contributed by atoms with E-state index in [4.69, 9.17) is 9.47 Å². The molecule has 0 N–H and O–H groups in total. The average molecular weight is 540 g/mol. The second kappa shape index (κ2) is 11.0. The van der Waals surface area contributed by atoms with Crippen molar-refractivity contribution >= 4 is 11.8 Å². The number of methoxy groups -OCH3 is 1. The van der Waals surface area contributed by atoms with Crippen molar-refractivity contribution in [1.82, 2.24) is 14.8 Å². The van der Waals surface area contributed by atoms with Gasteiger partial charge in [0.25, 0.3) is 5.91 Å². The van der Waals surface area contributed by atoms with Gasteiger partial charge in [0.05, 0.1) is 25.7 Å². The van der Waals surface area contributed by atoms with Gasteiger partial charge in [-0.1, -0.05) is 12.1 Å². The Kier molecular flexibility index (Phi) is 7.45. The zero-order chi connectivity index (χ0) is 27.7. The largest absolute Gasteiger partial charge is 0.493 e. The predicted octanol–water partition coefficient (Wildman–Crippen LogP) is 4.35. The molecule has 0 spiro atoms. The van der Waals surface area contributed by atoms with E-state index in [0.29, 0.717) is 44.3 Å². The number of hydrogen-bond donors (Lipinski definition) is 0. The second-order valence-corrected chi connectivity index (χ2v) is 9.75. The SMILES string of the molecule is CCOc1ccc(CC(=O)N2C[C@@H]3CN(C(=O)c4ccc(F)c(-c5c(F)cccc5F)n4)C[C@@H]3C2)cc1OC. The van der Waals surface area contributed by atoms with Crippen molar-refractivity contribution in [2.45, 2.75) is 13.3 Å². The molecule has 2 saturated heterocycles. The zero-order valence-corrected chi connectivity index (χ0v) is 21.6. The summed E-state index contributed by atoms with van der Waals surface area (Å²) in [6, 6.07) is 10.8. The molecule has 0 radical (unpaired) electrons. The Balaban J connectivity index is 1.23. The van der Waals surface area contributed by atoms with Gasteiger partial charge in [-0.05, 0) is 48.9 Å². The number of carbonyl (C=O) groups excluding carboxylic acids is 2. The van der Waals surface area contributed by atoms with Crippen molar-refractivity contribution in [2.24, 2.45) is 11.8 Å². The third kappa shape index (κ3) is 5.28. The van der Waals surface area contributed by atoms with Crippen molar-refractivity contribution in [2.75, 3.05) is 39.9 Å². The molecule has 2 atom stereocenters. The highest BCUT2D eigenvalue weighted by atomic mass is 19.1. The molecule has 2 fully saturated rings. The maximum absolute atomic E-state index is 14.4. The monoisotopic (exact) mass is 539 g/mol. The first-order valence-corrected chi connectivity index (χ1v) is 12.8. The molecule has 5 rings (SSSR count). The van der Waals surface area contributed by atoms with Crippen LogP contribution in [0, 0.1) is 29.3 Å². The third-order valence-electron chi connectivity index (χ3n) is 7.27. The number of ether oxygens (including phenoxy) is 2. The molecule has 2 aliphatic heterocycles. The first-order valence-electron chi connectivity index (χ1n) is 12.8. The second-order valence-electron chi connectivity index (χ2n) is 9.75. The van der Waals surface area contributed by atoms with Crippen LogP contribution in [-0.2, 0) is 11.2 Å². The van der Waals surface area contributed by atoms with Gasteiger partial charge in [0.2, 0.25) is 5.91 Å². The lowest BCUT2D eigenvalue weighted by Crippen LogP contribution is -2.36. The summed E-state index contributed by atoms with van der Waals surface area (Å²) in [5, 5.41) is 0. The van der Waals surface area contributed by atoms with Gasteiger partial charge in [-0.25, -0.2) is 18.2 Å². The van der Waals surface area contributed by atoms with E-state index in [9.17, 15) is 22.8 Å². The van der Waals surface area contributed by atoms with E-state index in [-0.39, 0.29) is 29.9 Å². The number of fused-ring (bicyclic) bond motifs is 1. The van der Waals surface area contributed by atoms with E-state index in [0.717, 1.165) is 23.8 Å². The zero-order valence-electron chi connectivity index (χ0n) is 21.6. The average Bonchev–Trinajstić information content (AvgIpc) is 3.50. The number of aromatic nitrogens is 1. The Morgan fingerprint density at radius 1 is 0.897 bits per heavy atom. The van der Waals surface area contributed by atoms with Crippen LogP contribution in [0.4, 0.5) is 13.2 Å². The maximum atomic E-state index is 14.4. The number of halogens is 3. The Morgan fingerprint density at radius 3 is 2.21 bits per heavy atom. The Hall–Kier alpha value is -4.08. The molecule has 1 aromatic heterocycles. The standard InChI is InChI=1S/C29H28F3N3O4/c1-3-39-24-10-7-17(11-25(24)38-2)12-26(36)34-13-18-15-35(16-19(18)14-34)29(37)23-9-8-22(32)28(33-23)27-20(30)5-4-6-21(27)31/h4-11,18-19H,3,12-16H2,1-2H3/t18-,19+. The van der Waals surface area contributed by atoms with Crippen LogP contribution >= 0.6 is 0 Å². The van der Waals surface area contributed by atoms with E-state index in [1.165, 1.54) is 12.1 Å².